The molecule has 0 bridgehead atoms. The summed E-state index contributed by atoms with van der Waals surface area (Å²) in [5.74, 6) is 0. The Labute approximate surface area is 132 Å². The van der Waals surface area contributed by atoms with Crippen molar-refractivity contribution in [3.05, 3.63) is 83.4 Å². The third-order valence-corrected chi connectivity index (χ3v) is 4.10. The van der Waals surface area contributed by atoms with Gasteiger partial charge in [0.05, 0.1) is 6.04 Å². The number of aliphatic imine (C=N–C) groups is 1. The van der Waals surface area contributed by atoms with Gasteiger partial charge in [-0.25, -0.2) is 0 Å². The Morgan fingerprint density at radius 1 is 0.909 bits per heavy atom. The van der Waals surface area contributed by atoms with Crippen molar-refractivity contribution in [2.24, 2.45) is 4.99 Å². The first kappa shape index (κ1) is 14.5. The molecule has 0 spiro atoms. The zero-order valence-electron chi connectivity index (χ0n) is 13.4. The Hall–Kier alpha value is -2.41. The predicted molar refractivity (Wildman–Crippen MR) is 95.8 cm³/mol. The molecule has 0 aliphatic heterocycles. The van der Waals surface area contributed by atoms with Crippen LogP contribution in [0, 0.1) is 6.92 Å². The average molecular weight is 287 g/mol. The third-order valence-electron chi connectivity index (χ3n) is 4.10. The summed E-state index contributed by atoms with van der Waals surface area (Å²) >= 11 is 0. The van der Waals surface area contributed by atoms with Gasteiger partial charge in [-0.1, -0.05) is 72.3 Å². The fourth-order valence-corrected chi connectivity index (χ4v) is 2.92. The topological polar surface area (TPSA) is 12.4 Å². The molecule has 0 heterocycles. The van der Waals surface area contributed by atoms with E-state index >= 15 is 0 Å². The van der Waals surface area contributed by atoms with E-state index in [1.165, 1.54) is 27.5 Å². The second-order valence-corrected chi connectivity index (χ2v) is 5.83. The second kappa shape index (κ2) is 6.15. The van der Waals surface area contributed by atoms with Crippen molar-refractivity contribution in [3.8, 4) is 0 Å². The molecule has 0 aliphatic rings. The quantitative estimate of drug-likeness (QED) is 0.546. The number of rotatable bonds is 3. The lowest BCUT2D eigenvalue weighted by atomic mass is 9.99. The Kier molecular flexibility index (Phi) is 4.06. The first-order chi connectivity index (χ1) is 10.6. The van der Waals surface area contributed by atoms with E-state index in [0.717, 1.165) is 5.71 Å². The van der Waals surface area contributed by atoms with Crippen molar-refractivity contribution >= 4 is 16.5 Å². The van der Waals surface area contributed by atoms with Gasteiger partial charge in [0.25, 0.3) is 0 Å². The Balaban J connectivity index is 1.99. The molecule has 1 nitrogen and oxygen atoms in total. The predicted octanol–water partition coefficient (Wildman–Crippen LogP) is 5.72. The number of aryl methyl sites for hydroxylation is 1. The van der Waals surface area contributed by atoms with Crippen LogP contribution in [0.1, 0.15) is 36.6 Å². The normalized spacial score (nSPS) is 13.3. The minimum atomic E-state index is 0.145. The minimum absolute atomic E-state index is 0.145. The summed E-state index contributed by atoms with van der Waals surface area (Å²) in [7, 11) is 0. The highest BCUT2D eigenvalue weighted by atomic mass is 14.8. The van der Waals surface area contributed by atoms with Crippen molar-refractivity contribution in [1.29, 1.82) is 0 Å². The lowest BCUT2D eigenvalue weighted by molar-refractivity contribution is 0.828. The molecule has 1 heteroatoms. The van der Waals surface area contributed by atoms with Gasteiger partial charge in [-0.15, -0.1) is 0 Å². The molecule has 1 atom stereocenters. The van der Waals surface area contributed by atoms with Gasteiger partial charge < -0.3 is 0 Å². The van der Waals surface area contributed by atoms with Crippen LogP contribution in [-0.4, -0.2) is 5.71 Å². The van der Waals surface area contributed by atoms with E-state index in [-0.39, 0.29) is 6.04 Å². The van der Waals surface area contributed by atoms with Crippen LogP contribution in [0.2, 0.25) is 0 Å². The molecular formula is C21H21N. The average Bonchev–Trinajstić information content (AvgIpc) is 2.54. The molecule has 110 valence electrons. The lowest BCUT2D eigenvalue weighted by Gasteiger charge is -2.12. The summed E-state index contributed by atoms with van der Waals surface area (Å²) in [6.07, 6.45) is 0. The molecule has 22 heavy (non-hydrogen) atoms. The molecule has 0 unspecified atom stereocenters. The van der Waals surface area contributed by atoms with E-state index in [1.54, 1.807) is 0 Å². The molecule has 0 N–H and O–H groups in total. The van der Waals surface area contributed by atoms with Crippen molar-refractivity contribution < 1.29 is 0 Å². The van der Waals surface area contributed by atoms with Crippen LogP contribution in [0.15, 0.2) is 71.7 Å². The number of nitrogens with zero attached hydrogens (tertiary/aromatic N) is 1. The van der Waals surface area contributed by atoms with Gasteiger partial charge in [0.2, 0.25) is 0 Å². The van der Waals surface area contributed by atoms with Crippen LogP contribution in [0.25, 0.3) is 10.8 Å². The maximum Gasteiger partial charge on any atom is 0.0730 e. The van der Waals surface area contributed by atoms with Crippen molar-refractivity contribution in [2.45, 2.75) is 26.8 Å². The first-order valence-electron chi connectivity index (χ1n) is 7.74. The summed E-state index contributed by atoms with van der Waals surface area (Å²) in [4.78, 5) is 4.93. The van der Waals surface area contributed by atoms with Gasteiger partial charge in [-0.05, 0) is 42.7 Å². The van der Waals surface area contributed by atoms with E-state index in [2.05, 4.69) is 87.5 Å². The fourth-order valence-electron chi connectivity index (χ4n) is 2.92. The largest absolute Gasteiger partial charge is 0.282 e. The van der Waals surface area contributed by atoms with E-state index in [1.807, 2.05) is 0 Å². The summed E-state index contributed by atoms with van der Waals surface area (Å²) < 4.78 is 0. The highest BCUT2D eigenvalue weighted by Crippen LogP contribution is 2.26. The van der Waals surface area contributed by atoms with E-state index < -0.39 is 0 Å². The molecule has 0 amide bonds. The minimum Gasteiger partial charge on any atom is -0.282 e. The molecule has 0 saturated carbocycles. The summed E-state index contributed by atoms with van der Waals surface area (Å²) in [6, 6.07) is 23.6. The van der Waals surface area contributed by atoms with Crippen LogP contribution in [0.5, 0.6) is 0 Å². The van der Waals surface area contributed by atoms with E-state index in [4.69, 9.17) is 4.99 Å². The van der Waals surface area contributed by atoms with Gasteiger partial charge in [0.15, 0.2) is 0 Å². The van der Waals surface area contributed by atoms with Crippen molar-refractivity contribution in [1.82, 2.24) is 0 Å². The molecule has 0 radical (unpaired) electrons. The van der Waals surface area contributed by atoms with E-state index in [9.17, 15) is 0 Å². The molecular weight excluding hydrogens is 266 g/mol. The zero-order valence-corrected chi connectivity index (χ0v) is 13.4. The van der Waals surface area contributed by atoms with Crippen molar-refractivity contribution in [2.75, 3.05) is 0 Å². The number of fused-ring (bicyclic) bond motifs is 1. The maximum absolute atomic E-state index is 4.93. The second-order valence-electron chi connectivity index (χ2n) is 5.83. The molecule has 3 aromatic rings. The molecule has 0 fully saturated rings. The Bertz CT molecular complexity index is 825. The SMILES string of the molecule is CC(=N[C@H](C)c1cccc2ccccc12)c1cccc(C)c1. The lowest BCUT2D eigenvalue weighted by Crippen LogP contribution is -2.00. The molecule has 0 saturated heterocycles. The molecule has 0 aromatic heterocycles. The van der Waals surface area contributed by atoms with Gasteiger partial charge in [0, 0.05) is 5.71 Å². The first-order valence-corrected chi connectivity index (χ1v) is 7.74. The smallest absolute Gasteiger partial charge is 0.0730 e. The third kappa shape index (κ3) is 2.94. The van der Waals surface area contributed by atoms with Crippen LogP contribution in [-0.2, 0) is 0 Å². The zero-order chi connectivity index (χ0) is 15.5. The standard InChI is InChI=1S/C21H21N/c1-15-8-6-11-19(14-15)16(2)22-17(3)20-13-7-10-18-9-4-5-12-21(18)20/h4-14,17H,1-3H3/t17-/m1/s1. The summed E-state index contributed by atoms with van der Waals surface area (Å²) in [5, 5.41) is 2.56. The van der Waals surface area contributed by atoms with Gasteiger partial charge >= 0.3 is 0 Å². The van der Waals surface area contributed by atoms with Crippen molar-refractivity contribution in [3.63, 3.8) is 0 Å². The van der Waals surface area contributed by atoms with Gasteiger partial charge in [0.1, 0.15) is 0 Å². The Morgan fingerprint density at radius 2 is 1.64 bits per heavy atom. The summed E-state index contributed by atoms with van der Waals surface area (Å²) in [5.41, 5.74) is 4.84. The highest BCUT2D eigenvalue weighted by molar-refractivity contribution is 5.99. The highest BCUT2D eigenvalue weighted by Gasteiger charge is 2.08. The van der Waals surface area contributed by atoms with E-state index in [0.29, 0.717) is 0 Å². The maximum atomic E-state index is 4.93. The van der Waals surface area contributed by atoms with Gasteiger partial charge in [-0.3, -0.25) is 4.99 Å². The Morgan fingerprint density at radius 3 is 2.45 bits per heavy atom. The summed E-state index contributed by atoms with van der Waals surface area (Å²) in [6.45, 7) is 6.38. The molecule has 3 rings (SSSR count). The van der Waals surface area contributed by atoms with Crippen LogP contribution in [0.3, 0.4) is 0 Å². The molecule has 3 aromatic carbocycles. The number of benzene rings is 3. The van der Waals surface area contributed by atoms with Crippen LogP contribution in [0.4, 0.5) is 0 Å². The van der Waals surface area contributed by atoms with Crippen LogP contribution >= 0.6 is 0 Å². The fraction of sp³-hybridized carbons (Fsp3) is 0.190. The monoisotopic (exact) mass is 287 g/mol. The molecule has 0 aliphatic carbocycles. The van der Waals surface area contributed by atoms with Gasteiger partial charge in [-0.2, -0.15) is 0 Å². The number of hydrogen-bond acceptors (Lipinski definition) is 1. The van der Waals surface area contributed by atoms with Crippen LogP contribution < -0.4 is 0 Å². The number of hydrogen-bond donors (Lipinski definition) is 0.